The van der Waals surface area contributed by atoms with Crippen LogP contribution >= 0.6 is 0 Å². The fraction of sp³-hybridized carbons (Fsp3) is 0.375. The summed E-state index contributed by atoms with van der Waals surface area (Å²) in [7, 11) is 0. The second-order valence-corrected chi connectivity index (χ2v) is 5.31. The Bertz CT molecular complexity index is 515. The number of hydrogen-bond acceptors (Lipinski definition) is 4. The van der Waals surface area contributed by atoms with Crippen molar-refractivity contribution in [3.8, 4) is 0 Å². The van der Waals surface area contributed by atoms with Gasteiger partial charge in [-0.25, -0.2) is 4.98 Å². The Labute approximate surface area is 119 Å². The third-order valence-corrected chi connectivity index (χ3v) is 3.72. The maximum atomic E-state index is 4.39. The van der Waals surface area contributed by atoms with Gasteiger partial charge in [-0.2, -0.15) is 0 Å². The van der Waals surface area contributed by atoms with Gasteiger partial charge in [0.05, 0.1) is 5.69 Å². The van der Waals surface area contributed by atoms with Crippen LogP contribution in [0.1, 0.15) is 12.1 Å². The van der Waals surface area contributed by atoms with Gasteiger partial charge in [0.1, 0.15) is 5.82 Å². The molecule has 1 saturated heterocycles. The average molecular weight is 268 g/mol. The molecule has 0 bridgehead atoms. The predicted molar refractivity (Wildman–Crippen MR) is 80.3 cm³/mol. The molecule has 0 amide bonds. The van der Waals surface area contributed by atoms with Crippen LogP contribution in [-0.2, 0) is 6.54 Å². The van der Waals surface area contributed by atoms with E-state index in [1.54, 1.807) is 0 Å². The summed E-state index contributed by atoms with van der Waals surface area (Å²) in [6.07, 6.45) is 4.93. The van der Waals surface area contributed by atoms with Crippen molar-refractivity contribution in [1.82, 2.24) is 14.9 Å². The largest absolute Gasteiger partial charge is 0.370 e. The molecule has 1 atom stereocenters. The van der Waals surface area contributed by atoms with Crippen LogP contribution in [0.3, 0.4) is 0 Å². The molecule has 104 valence electrons. The lowest BCUT2D eigenvalue weighted by Gasteiger charge is -2.16. The smallest absolute Gasteiger partial charge is 0.125 e. The van der Waals surface area contributed by atoms with E-state index in [4.69, 9.17) is 0 Å². The van der Waals surface area contributed by atoms with Crippen molar-refractivity contribution in [2.45, 2.75) is 13.0 Å². The lowest BCUT2D eigenvalue weighted by Crippen LogP contribution is -2.23. The monoisotopic (exact) mass is 268 g/mol. The topological polar surface area (TPSA) is 41.0 Å². The van der Waals surface area contributed by atoms with E-state index in [2.05, 4.69) is 32.3 Å². The van der Waals surface area contributed by atoms with Gasteiger partial charge >= 0.3 is 0 Å². The summed E-state index contributed by atoms with van der Waals surface area (Å²) in [5.41, 5.74) is 1.16. The number of likely N-dealkylation sites (tertiary alicyclic amines) is 1. The molecule has 1 aliphatic heterocycles. The number of anilines is 1. The molecule has 0 aliphatic carbocycles. The number of nitrogens with zero attached hydrogens (tertiary/aromatic N) is 3. The first-order valence-corrected chi connectivity index (χ1v) is 7.17. The molecule has 2 aromatic rings. The molecule has 20 heavy (non-hydrogen) atoms. The number of nitrogens with one attached hydrogen (secondary N) is 1. The van der Waals surface area contributed by atoms with Gasteiger partial charge in [0.25, 0.3) is 0 Å². The van der Waals surface area contributed by atoms with Crippen LogP contribution in [-0.4, -0.2) is 34.5 Å². The predicted octanol–water partition coefficient (Wildman–Crippen LogP) is 2.41. The van der Waals surface area contributed by atoms with Crippen LogP contribution in [0, 0.1) is 5.92 Å². The van der Waals surface area contributed by atoms with Crippen molar-refractivity contribution in [2.24, 2.45) is 5.92 Å². The highest BCUT2D eigenvalue weighted by Crippen LogP contribution is 2.18. The summed E-state index contributed by atoms with van der Waals surface area (Å²) < 4.78 is 0. The summed E-state index contributed by atoms with van der Waals surface area (Å²) in [5.74, 6) is 1.66. The van der Waals surface area contributed by atoms with Crippen molar-refractivity contribution >= 4 is 5.82 Å². The van der Waals surface area contributed by atoms with E-state index < -0.39 is 0 Å². The van der Waals surface area contributed by atoms with Gasteiger partial charge in [-0.1, -0.05) is 12.1 Å². The maximum Gasteiger partial charge on any atom is 0.125 e. The summed E-state index contributed by atoms with van der Waals surface area (Å²) in [6.45, 7) is 4.25. The Morgan fingerprint density at radius 3 is 2.70 bits per heavy atom. The molecule has 4 nitrogen and oxygen atoms in total. The molecule has 0 saturated carbocycles. The first-order chi connectivity index (χ1) is 9.90. The van der Waals surface area contributed by atoms with Gasteiger partial charge in [-0.05, 0) is 43.1 Å². The van der Waals surface area contributed by atoms with Crippen molar-refractivity contribution < 1.29 is 0 Å². The lowest BCUT2D eigenvalue weighted by molar-refractivity contribution is 0.315. The zero-order chi connectivity index (χ0) is 13.6. The van der Waals surface area contributed by atoms with E-state index in [1.807, 2.05) is 36.7 Å². The summed E-state index contributed by atoms with van der Waals surface area (Å²) in [5, 5.41) is 3.42. The Hall–Kier alpha value is -1.94. The minimum absolute atomic E-state index is 0.695. The SMILES string of the molecule is c1ccc(CN2CC[C@@H](CNc3ccccn3)C2)nc1. The summed E-state index contributed by atoms with van der Waals surface area (Å²) in [6, 6.07) is 12.1. The minimum atomic E-state index is 0.695. The highest BCUT2D eigenvalue weighted by atomic mass is 15.2. The minimum Gasteiger partial charge on any atom is -0.370 e. The van der Waals surface area contributed by atoms with E-state index in [0.29, 0.717) is 5.92 Å². The highest BCUT2D eigenvalue weighted by Gasteiger charge is 2.22. The second kappa shape index (κ2) is 6.48. The Morgan fingerprint density at radius 1 is 1.10 bits per heavy atom. The summed E-state index contributed by atoms with van der Waals surface area (Å²) >= 11 is 0. The van der Waals surface area contributed by atoms with Gasteiger partial charge < -0.3 is 5.32 Å². The quantitative estimate of drug-likeness (QED) is 0.904. The zero-order valence-electron chi connectivity index (χ0n) is 11.6. The first kappa shape index (κ1) is 13.1. The van der Waals surface area contributed by atoms with E-state index in [1.165, 1.54) is 6.42 Å². The van der Waals surface area contributed by atoms with Gasteiger partial charge in [0.2, 0.25) is 0 Å². The molecule has 0 spiro atoms. The second-order valence-electron chi connectivity index (χ2n) is 5.31. The Kier molecular flexibility index (Phi) is 4.23. The van der Waals surface area contributed by atoms with E-state index in [9.17, 15) is 0 Å². The van der Waals surface area contributed by atoms with Crippen molar-refractivity contribution in [3.05, 3.63) is 54.5 Å². The fourth-order valence-electron chi connectivity index (χ4n) is 2.66. The number of aromatic nitrogens is 2. The first-order valence-electron chi connectivity index (χ1n) is 7.17. The number of pyridine rings is 2. The third-order valence-electron chi connectivity index (χ3n) is 3.72. The van der Waals surface area contributed by atoms with Crippen molar-refractivity contribution in [1.29, 1.82) is 0 Å². The highest BCUT2D eigenvalue weighted by molar-refractivity contribution is 5.33. The average Bonchev–Trinajstić information content (AvgIpc) is 2.95. The van der Waals surface area contributed by atoms with Gasteiger partial charge in [-0.3, -0.25) is 9.88 Å². The molecule has 0 aromatic carbocycles. The van der Waals surface area contributed by atoms with Crippen LogP contribution in [0.15, 0.2) is 48.8 Å². The Morgan fingerprint density at radius 2 is 1.95 bits per heavy atom. The van der Waals surface area contributed by atoms with Gasteiger partial charge in [0.15, 0.2) is 0 Å². The molecule has 1 fully saturated rings. The van der Waals surface area contributed by atoms with E-state index in [0.717, 1.165) is 37.7 Å². The molecule has 1 N–H and O–H groups in total. The van der Waals surface area contributed by atoms with Gasteiger partial charge in [0, 0.05) is 32.0 Å². The molecular weight excluding hydrogens is 248 g/mol. The fourth-order valence-corrected chi connectivity index (χ4v) is 2.66. The summed E-state index contributed by atoms with van der Waals surface area (Å²) in [4.78, 5) is 11.2. The zero-order valence-corrected chi connectivity index (χ0v) is 11.6. The molecule has 3 rings (SSSR count). The van der Waals surface area contributed by atoms with Crippen LogP contribution in [0.4, 0.5) is 5.82 Å². The van der Waals surface area contributed by atoms with Crippen LogP contribution in [0.25, 0.3) is 0 Å². The standard InChI is InChI=1S/C16H20N4/c1-3-8-17-15(5-1)13-20-10-7-14(12-20)11-19-16-6-2-4-9-18-16/h1-6,8-9,14H,7,10-13H2,(H,18,19)/t14-/m0/s1. The molecular formula is C16H20N4. The normalized spacial score (nSPS) is 19.1. The lowest BCUT2D eigenvalue weighted by atomic mass is 10.1. The number of rotatable bonds is 5. The van der Waals surface area contributed by atoms with Gasteiger partial charge in [-0.15, -0.1) is 0 Å². The van der Waals surface area contributed by atoms with Crippen molar-refractivity contribution in [3.63, 3.8) is 0 Å². The molecule has 1 aliphatic rings. The van der Waals surface area contributed by atoms with Crippen LogP contribution in [0.2, 0.25) is 0 Å². The maximum absolute atomic E-state index is 4.39. The van der Waals surface area contributed by atoms with Crippen LogP contribution in [0.5, 0.6) is 0 Å². The van der Waals surface area contributed by atoms with Crippen LogP contribution < -0.4 is 5.32 Å². The molecule has 4 heteroatoms. The molecule has 0 unspecified atom stereocenters. The molecule has 0 radical (unpaired) electrons. The van der Waals surface area contributed by atoms with E-state index in [-0.39, 0.29) is 0 Å². The molecule has 3 heterocycles. The Balaban J connectivity index is 1.45. The number of hydrogen-bond donors (Lipinski definition) is 1. The van der Waals surface area contributed by atoms with Crippen molar-refractivity contribution in [2.75, 3.05) is 25.0 Å². The molecule has 2 aromatic heterocycles. The third kappa shape index (κ3) is 3.54. The van der Waals surface area contributed by atoms with E-state index >= 15 is 0 Å².